The Kier molecular flexibility index (Phi) is 39.0. The molecule has 0 aliphatic heterocycles. The zero-order chi connectivity index (χ0) is 43.0. The van der Waals surface area contributed by atoms with E-state index in [1.165, 1.54) is 0 Å². The van der Waals surface area contributed by atoms with Crippen LogP contribution in [0.15, 0.2) is 0 Å². The van der Waals surface area contributed by atoms with Crippen LogP contribution >= 0.6 is 0 Å². The second-order valence-corrected chi connectivity index (χ2v) is 29.8. The number of nitrogens with two attached hydrogens (primary N) is 4. The summed E-state index contributed by atoms with van der Waals surface area (Å²) in [5, 5.41) is 12.5. The predicted octanol–water partition coefficient (Wildman–Crippen LogP) is 5.26. The lowest BCUT2D eigenvalue weighted by molar-refractivity contribution is -0.129. The van der Waals surface area contributed by atoms with E-state index in [9.17, 15) is 19.2 Å². The second kappa shape index (κ2) is 37.2. The number of carbonyl (C=O) groups excluding carboxylic acids is 4. The van der Waals surface area contributed by atoms with E-state index in [0.717, 1.165) is 102 Å². The van der Waals surface area contributed by atoms with E-state index in [1.54, 1.807) is 0 Å². The van der Waals surface area contributed by atoms with Crippen molar-refractivity contribution >= 4 is 48.6 Å². The second-order valence-electron chi connectivity index (χ2n) is 17.3. The quantitative estimate of drug-likeness (QED) is 0.0291. The van der Waals surface area contributed by atoms with Crippen LogP contribution in [0.3, 0.4) is 0 Å². The topological polar surface area (TPSA) is 239 Å². The molecule has 0 bridgehead atoms. The molecule has 2 unspecified atom stereocenters. The van der Waals surface area contributed by atoms with Crippen molar-refractivity contribution in [2.75, 3.05) is 65.4 Å². The Morgan fingerprint density at radius 3 is 1.19 bits per heavy atom. The van der Waals surface area contributed by atoms with E-state index >= 15 is 0 Å². The molecule has 0 fully saturated rings. The van der Waals surface area contributed by atoms with Crippen LogP contribution in [0.2, 0.25) is 51.4 Å². The Morgan fingerprint density at radius 2 is 0.847 bits per heavy atom. The lowest BCUT2D eigenvalue weighted by atomic mass is 9.92. The number of nitrogens with one attached hydrogen (secondary N) is 4. The fourth-order valence-electron chi connectivity index (χ4n) is 7.33. The molecule has 352 valence electrons. The SMILES string of the molecule is C.C.C[Si](C)(CCCC(CC(=O)NCCCCCN)C(=O)CCCNCCN)O[Si](C)(C)O[Si](C)(C)CCCC(CC(=O)NCCCCCN)C(=O)CCCNCCN. The Hall–Kier alpha value is -1.39. The molecule has 2 amide bonds. The molecule has 0 rings (SSSR count). The maximum absolute atomic E-state index is 13.3. The van der Waals surface area contributed by atoms with E-state index in [-0.39, 0.29) is 62.9 Å². The van der Waals surface area contributed by atoms with Gasteiger partial charge in [0.15, 0.2) is 16.6 Å². The number of hydrogen-bond donors (Lipinski definition) is 8. The largest absolute Gasteiger partial charge is 0.437 e. The average molecular weight is 894 g/mol. The smallest absolute Gasteiger partial charge is 0.311 e. The van der Waals surface area contributed by atoms with Crippen molar-refractivity contribution in [3.63, 3.8) is 0 Å². The molecule has 0 aromatic carbocycles. The first kappa shape index (κ1) is 61.9. The molecule has 0 aliphatic carbocycles. The molecule has 0 heterocycles. The summed E-state index contributed by atoms with van der Waals surface area (Å²) in [6.45, 7) is 19.7. The summed E-state index contributed by atoms with van der Waals surface area (Å²) in [5.41, 5.74) is 22.3. The van der Waals surface area contributed by atoms with E-state index in [4.69, 9.17) is 31.2 Å². The number of ketones is 2. The van der Waals surface area contributed by atoms with Crippen LogP contribution in [0, 0.1) is 11.8 Å². The van der Waals surface area contributed by atoms with E-state index in [1.807, 2.05) is 0 Å². The highest BCUT2D eigenvalue weighted by atomic mass is 28.5. The first-order chi connectivity index (χ1) is 27.0. The maximum Gasteiger partial charge on any atom is 0.311 e. The first-order valence-electron chi connectivity index (χ1n) is 22.2. The molecule has 59 heavy (non-hydrogen) atoms. The average Bonchev–Trinajstić information content (AvgIpc) is 3.12. The highest BCUT2D eigenvalue weighted by Crippen LogP contribution is 2.29. The van der Waals surface area contributed by atoms with E-state index in [0.29, 0.717) is 65.0 Å². The molecule has 0 aromatic heterocycles. The van der Waals surface area contributed by atoms with Crippen molar-refractivity contribution in [3.05, 3.63) is 0 Å². The van der Waals surface area contributed by atoms with Gasteiger partial charge in [-0.05, 0) is 129 Å². The van der Waals surface area contributed by atoms with Gasteiger partial charge in [-0.15, -0.1) is 0 Å². The first-order valence-corrected chi connectivity index (χ1v) is 31.3. The molecular formula is C42H96N8O6Si3. The minimum absolute atomic E-state index is 0. The van der Waals surface area contributed by atoms with Gasteiger partial charge in [-0.1, -0.05) is 40.5 Å². The summed E-state index contributed by atoms with van der Waals surface area (Å²) in [6, 6.07) is 1.75. The van der Waals surface area contributed by atoms with Crippen molar-refractivity contribution < 1.29 is 27.4 Å². The van der Waals surface area contributed by atoms with Gasteiger partial charge < -0.3 is 52.4 Å². The van der Waals surface area contributed by atoms with Crippen LogP contribution in [-0.2, 0) is 27.4 Å². The third-order valence-electron chi connectivity index (χ3n) is 10.1. The molecule has 0 aromatic rings. The normalized spacial score (nSPS) is 12.9. The van der Waals surface area contributed by atoms with E-state index in [2.05, 4.69) is 60.5 Å². The van der Waals surface area contributed by atoms with Crippen LogP contribution in [0.25, 0.3) is 0 Å². The lowest BCUT2D eigenvalue weighted by Crippen LogP contribution is -2.52. The summed E-state index contributed by atoms with van der Waals surface area (Å²) >= 11 is 0. The van der Waals surface area contributed by atoms with Crippen molar-refractivity contribution in [3.8, 4) is 0 Å². The van der Waals surface area contributed by atoms with Gasteiger partial charge >= 0.3 is 8.56 Å². The molecule has 14 nitrogen and oxygen atoms in total. The predicted molar refractivity (Wildman–Crippen MR) is 257 cm³/mol. The highest BCUT2D eigenvalue weighted by Gasteiger charge is 2.39. The third kappa shape index (κ3) is 35.9. The fourth-order valence-corrected chi connectivity index (χ4v) is 21.4. The summed E-state index contributed by atoms with van der Waals surface area (Å²) in [5.74, 6) is -0.442. The van der Waals surface area contributed by atoms with Gasteiger partial charge in [-0.2, -0.15) is 0 Å². The Labute approximate surface area is 365 Å². The number of carbonyl (C=O) groups is 4. The molecule has 12 N–H and O–H groups in total. The Balaban J connectivity index is -0.0000157. The number of Topliss-reactive ketones (excluding diaryl/α,β-unsaturated/α-hetero) is 2. The minimum Gasteiger partial charge on any atom is -0.437 e. The summed E-state index contributed by atoms with van der Waals surface area (Å²) < 4.78 is 13.8. The molecule has 17 heteroatoms. The van der Waals surface area contributed by atoms with Crippen LogP contribution in [0.1, 0.15) is 118 Å². The van der Waals surface area contributed by atoms with Gasteiger partial charge in [-0.25, -0.2) is 0 Å². The van der Waals surface area contributed by atoms with Crippen molar-refractivity contribution in [1.29, 1.82) is 0 Å². The van der Waals surface area contributed by atoms with Crippen LogP contribution in [0.4, 0.5) is 0 Å². The van der Waals surface area contributed by atoms with Crippen molar-refractivity contribution in [1.82, 2.24) is 21.3 Å². The lowest BCUT2D eigenvalue weighted by Gasteiger charge is -2.39. The van der Waals surface area contributed by atoms with Gasteiger partial charge in [0.25, 0.3) is 0 Å². The third-order valence-corrected chi connectivity index (χ3v) is 21.6. The van der Waals surface area contributed by atoms with Gasteiger partial charge in [0, 0.05) is 76.8 Å². The van der Waals surface area contributed by atoms with E-state index < -0.39 is 25.2 Å². The zero-order valence-corrected chi connectivity index (χ0v) is 40.2. The number of rotatable bonds is 40. The van der Waals surface area contributed by atoms with Gasteiger partial charge in [-0.3, -0.25) is 19.2 Å². The standard InChI is InChI=1S/C40H88N8O6Si3.2CH4/c1-55(2,31-15-17-35(37(49)19-13-25-45-29-23-43)33-39(51)47-27-11-7-9-21-41)53-57(5,6)54-56(3,4)32-16-18-36(38(50)20-14-26-46-30-24-44)34-40(52)48-28-12-8-10-22-42;;/h35-36,45-46H,7-34,41-44H2,1-6H3,(H,47,51)(H,48,52);2*1H4. The zero-order valence-electron chi connectivity index (χ0n) is 37.2. The molecule has 0 saturated heterocycles. The monoisotopic (exact) mass is 893 g/mol. The van der Waals surface area contributed by atoms with Crippen molar-refractivity contribution in [2.45, 2.75) is 169 Å². The fraction of sp³-hybridized carbons (Fsp3) is 0.905. The van der Waals surface area contributed by atoms with Crippen LogP contribution in [-0.4, -0.2) is 114 Å². The van der Waals surface area contributed by atoms with Gasteiger partial charge in [0.1, 0.15) is 11.6 Å². The van der Waals surface area contributed by atoms with Crippen molar-refractivity contribution in [2.24, 2.45) is 34.8 Å². The molecule has 0 saturated carbocycles. The van der Waals surface area contributed by atoms with Gasteiger partial charge in [0.2, 0.25) is 11.8 Å². The number of amides is 2. The highest BCUT2D eigenvalue weighted by molar-refractivity contribution is 6.87. The summed E-state index contributed by atoms with van der Waals surface area (Å²) in [4.78, 5) is 52.3. The maximum atomic E-state index is 13.3. The Bertz CT molecular complexity index is 1010. The van der Waals surface area contributed by atoms with Crippen LogP contribution < -0.4 is 44.2 Å². The number of unbranched alkanes of at least 4 members (excludes halogenated alkanes) is 4. The minimum atomic E-state index is -2.52. The number of hydrogen-bond acceptors (Lipinski definition) is 12. The van der Waals surface area contributed by atoms with Gasteiger partial charge in [0.05, 0.1) is 0 Å². The molecule has 0 radical (unpaired) electrons. The Morgan fingerprint density at radius 1 is 0.475 bits per heavy atom. The summed E-state index contributed by atoms with van der Waals surface area (Å²) in [7, 11) is -6.86. The molecule has 0 spiro atoms. The van der Waals surface area contributed by atoms with Crippen LogP contribution in [0.5, 0.6) is 0 Å². The molecular weight excluding hydrogens is 797 g/mol. The molecule has 0 aliphatic rings. The molecule has 2 atom stereocenters. The summed E-state index contributed by atoms with van der Waals surface area (Å²) in [6.07, 6.45) is 11.3.